The van der Waals surface area contributed by atoms with Gasteiger partial charge in [0.1, 0.15) is 24.4 Å². The number of nitro benzene ring substituents is 1. The lowest BCUT2D eigenvalue weighted by Gasteiger charge is -2.37. The summed E-state index contributed by atoms with van der Waals surface area (Å²) in [7, 11) is 0. The van der Waals surface area contributed by atoms with Crippen LogP contribution in [0.25, 0.3) is 0 Å². The summed E-state index contributed by atoms with van der Waals surface area (Å²) >= 11 is 0. The normalized spacial score (nSPS) is 28.1. The second-order valence-corrected chi connectivity index (χ2v) is 4.93. The van der Waals surface area contributed by atoms with E-state index in [4.69, 9.17) is 14.6 Å². The van der Waals surface area contributed by atoms with Gasteiger partial charge in [0.05, 0.1) is 18.1 Å². The summed E-state index contributed by atoms with van der Waals surface area (Å²) in [4.78, 5) is 10.2. The Morgan fingerprint density at radius 1 is 1.41 bits per heavy atom. The van der Waals surface area contributed by atoms with Gasteiger partial charge >= 0.3 is 0 Å². The average molecular weight is 315 g/mol. The van der Waals surface area contributed by atoms with Gasteiger partial charge in [-0.05, 0) is 0 Å². The third-order valence-electron chi connectivity index (χ3n) is 3.35. The molecule has 0 spiro atoms. The molecule has 0 aromatic heterocycles. The number of aliphatic hydroxyl groups is 4. The van der Waals surface area contributed by atoms with Crippen LogP contribution in [-0.4, -0.2) is 63.0 Å². The molecule has 0 aliphatic carbocycles. The Bertz CT molecular complexity index is 525. The van der Waals surface area contributed by atoms with Gasteiger partial charge < -0.3 is 29.9 Å². The van der Waals surface area contributed by atoms with Gasteiger partial charge in [-0.3, -0.25) is 10.1 Å². The number of hydrogen-bond donors (Lipinski definition) is 4. The Morgan fingerprint density at radius 3 is 2.77 bits per heavy atom. The van der Waals surface area contributed by atoms with Crippen LogP contribution < -0.4 is 0 Å². The lowest BCUT2D eigenvalue weighted by atomic mass is 10.0. The van der Waals surface area contributed by atoms with E-state index in [1.807, 2.05) is 0 Å². The zero-order chi connectivity index (χ0) is 16.3. The minimum absolute atomic E-state index is 0.150. The van der Waals surface area contributed by atoms with Crippen molar-refractivity contribution < 1.29 is 34.8 Å². The smallest absolute Gasteiger partial charge is 0.269 e. The molecular formula is C13H17NO8. The summed E-state index contributed by atoms with van der Waals surface area (Å²) < 4.78 is 10.6. The molecule has 1 fully saturated rings. The van der Waals surface area contributed by atoms with Crippen molar-refractivity contribution in [3.05, 3.63) is 39.9 Å². The van der Waals surface area contributed by atoms with Crippen LogP contribution in [0.15, 0.2) is 24.3 Å². The van der Waals surface area contributed by atoms with Crippen molar-refractivity contribution in [2.75, 3.05) is 13.2 Å². The zero-order valence-electron chi connectivity index (χ0n) is 11.5. The molecule has 9 heteroatoms. The molecule has 1 saturated heterocycles. The van der Waals surface area contributed by atoms with Crippen molar-refractivity contribution >= 4 is 5.69 Å². The van der Waals surface area contributed by atoms with Crippen LogP contribution >= 0.6 is 0 Å². The topological polar surface area (TPSA) is 143 Å². The van der Waals surface area contributed by atoms with E-state index in [1.54, 1.807) is 6.07 Å². The maximum Gasteiger partial charge on any atom is 0.269 e. The Labute approximate surface area is 125 Å². The van der Waals surface area contributed by atoms with Crippen molar-refractivity contribution in [1.29, 1.82) is 0 Å². The quantitative estimate of drug-likeness (QED) is 0.404. The highest BCUT2D eigenvalue weighted by Gasteiger charge is 2.39. The molecule has 0 radical (unpaired) electrons. The Morgan fingerprint density at radius 2 is 2.14 bits per heavy atom. The zero-order valence-corrected chi connectivity index (χ0v) is 11.5. The van der Waals surface area contributed by atoms with E-state index in [0.29, 0.717) is 5.56 Å². The second-order valence-electron chi connectivity index (χ2n) is 4.93. The molecule has 5 atom stereocenters. The first-order valence-electron chi connectivity index (χ1n) is 6.60. The first-order valence-corrected chi connectivity index (χ1v) is 6.60. The maximum atomic E-state index is 10.8. The molecular weight excluding hydrogens is 298 g/mol. The van der Waals surface area contributed by atoms with Crippen LogP contribution in [0.1, 0.15) is 11.9 Å². The standard InChI is InChI=1S/C13H17NO8/c15-5-9(16)11(18)12-10(17)6-21-13(22-12)7-2-1-3-8(4-7)14(19)20/h1-4,9-13,15-18H,5-6H2/t9-,10+,11-,12-,13?/m0/s1. The van der Waals surface area contributed by atoms with Crippen molar-refractivity contribution in [1.82, 2.24) is 0 Å². The fourth-order valence-electron chi connectivity index (χ4n) is 2.15. The summed E-state index contributed by atoms with van der Waals surface area (Å²) in [5, 5.41) is 48.7. The number of hydrogen-bond acceptors (Lipinski definition) is 8. The second kappa shape index (κ2) is 7.09. The van der Waals surface area contributed by atoms with Gasteiger partial charge in [0, 0.05) is 17.7 Å². The summed E-state index contributed by atoms with van der Waals surface area (Å²) in [5.41, 5.74) is 0.195. The van der Waals surface area contributed by atoms with Gasteiger partial charge in [-0.25, -0.2) is 0 Å². The lowest BCUT2D eigenvalue weighted by molar-refractivity contribution is -0.385. The number of non-ortho nitro benzene ring substituents is 1. The number of aliphatic hydroxyl groups excluding tert-OH is 4. The molecule has 0 bridgehead atoms. The van der Waals surface area contributed by atoms with Crippen LogP contribution in [0.3, 0.4) is 0 Å². The van der Waals surface area contributed by atoms with Crippen LogP contribution in [0.4, 0.5) is 5.69 Å². The summed E-state index contributed by atoms with van der Waals surface area (Å²) in [5.74, 6) is 0. The molecule has 9 nitrogen and oxygen atoms in total. The number of nitro groups is 1. The van der Waals surface area contributed by atoms with Crippen molar-refractivity contribution in [3.8, 4) is 0 Å². The van der Waals surface area contributed by atoms with Gasteiger partial charge in [0.2, 0.25) is 0 Å². The summed E-state index contributed by atoms with van der Waals surface area (Å²) in [6.07, 6.45) is -6.44. The molecule has 0 saturated carbocycles. The van der Waals surface area contributed by atoms with E-state index < -0.39 is 42.2 Å². The number of rotatable bonds is 5. The highest BCUT2D eigenvalue weighted by molar-refractivity contribution is 5.34. The largest absolute Gasteiger partial charge is 0.394 e. The maximum absolute atomic E-state index is 10.8. The predicted molar refractivity (Wildman–Crippen MR) is 71.8 cm³/mol. The van der Waals surface area contributed by atoms with Crippen molar-refractivity contribution in [2.24, 2.45) is 0 Å². The third kappa shape index (κ3) is 3.58. The molecule has 1 aliphatic heterocycles. The lowest BCUT2D eigenvalue weighted by Crippen LogP contribution is -2.52. The van der Waals surface area contributed by atoms with Gasteiger partial charge in [0.25, 0.3) is 5.69 Å². The molecule has 2 rings (SSSR count). The first kappa shape index (κ1) is 16.7. The van der Waals surface area contributed by atoms with Gasteiger partial charge in [-0.2, -0.15) is 0 Å². The fraction of sp³-hybridized carbons (Fsp3) is 0.538. The molecule has 1 aromatic carbocycles. The van der Waals surface area contributed by atoms with Crippen LogP contribution in [0.5, 0.6) is 0 Å². The summed E-state index contributed by atoms with van der Waals surface area (Å²) in [6, 6.07) is 5.57. The van der Waals surface area contributed by atoms with Crippen LogP contribution in [-0.2, 0) is 9.47 Å². The number of nitrogens with zero attached hydrogens (tertiary/aromatic N) is 1. The molecule has 1 heterocycles. The minimum Gasteiger partial charge on any atom is -0.394 e. The first-order chi connectivity index (χ1) is 10.4. The predicted octanol–water partition coefficient (Wildman–Crippen LogP) is -0.916. The van der Waals surface area contributed by atoms with Gasteiger partial charge in [0.15, 0.2) is 6.29 Å². The van der Waals surface area contributed by atoms with Gasteiger partial charge in [-0.1, -0.05) is 12.1 Å². The molecule has 122 valence electrons. The third-order valence-corrected chi connectivity index (χ3v) is 3.35. The van der Waals surface area contributed by atoms with Gasteiger partial charge in [-0.15, -0.1) is 0 Å². The molecule has 22 heavy (non-hydrogen) atoms. The number of ether oxygens (including phenoxy) is 2. The highest BCUT2D eigenvalue weighted by Crippen LogP contribution is 2.30. The molecule has 1 aromatic rings. The highest BCUT2D eigenvalue weighted by atomic mass is 16.7. The Balaban J connectivity index is 2.16. The SMILES string of the molecule is O=[N+]([O-])c1cccc(C2OC[C@@H](O)[C@@H]([C@@H](O)[C@@H](O)CO)O2)c1. The summed E-state index contributed by atoms with van der Waals surface area (Å²) in [6.45, 7) is -0.886. The average Bonchev–Trinajstić information content (AvgIpc) is 2.54. The van der Waals surface area contributed by atoms with Crippen LogP contribution in [0.2, 0.25) is 0 Å². The van der Waals surface area contributed by atoms with E-state index in [1.165, 1.54) is 18.2 Å². The van der Waals surface area contributed by atoms with Crippen molar-refractivity contribution in [2.45, 2.75) is 30.7 Å². The monoisotopic (exact) mass is 315 g/mol. The van der Waals surface area contributed by atoms with E-state index in [2.05, 4.69) is 0 Å². The number of benzene rings is 1. The Hall–Kier alpha value is -1.62. The molecule has 0 amide bonds. The van der Waals surface area contributed by atoms with E-state index in [-0.39, 0.29) is 12.3 Å². The Kier molecular flexibility index (Phi) is 5.40. The molecule has 1 aliphatic rings. The molecule has 4 N–H and O–H groups in total. The minimum atomic E-state index is -1.52. The van der Waals surface area contributed by atoms with E-state index in [0.717, 1.165) is 0 Å². The van der Waals surface area contributed by atoms with E-state index >= 15 is 0 Å². The van der Waals surface area contributed by atoms with E-state index in [9.17, 15) is 25.4 Å². The fourth-order valence-corrected chi connectivity index (χ4v) is 2.15. The molecule has 1 unspecified atom stereocenters. The van der Waals surface area contributed by atoms with Crippen molar-refractivity contribution in [3.63, 3.8) is 0 Å². The van der Waals surface area contributed by atoms with Crippen LogP contribution in [0, 0.1) is 10.1 Å².